The van der Waals surface area contributed by atoms with Crippen molar-refractivity contribution >= 4 is 5.91 Å². The van der Waals surface area contributed by atoms with Crippen LogP contribution in [-0.4, -0.2) is 98.7 Å². The molecule has 1 aliphatic heterocycles. The summed E-state index contributed by atoms with van der Waals surface area (Å²) in [6.07, 6.45) is 26.8. The van der Waals surface area contributed by atoms with E-state index in [9.17, 15) is 35.4 Å². The Bertz CT molecular complexity index is 834. The average Bonchev–Trinajstić information content (AvgIpc) is 3.17. The minimum absolute atomic E-state index is 0.255. The van der Waals surface area contributed by atoms with Gasteiger partial charge in [-0.3, -0.25) is 4.79 Å². The number of hydrogen-bond acceptors (Lipinski definition) is 9. The van der Waals surface area contributed by atoms with Crippen molar-refractivity contribution in [1.29, 1.82) is 0 Å². The topological polar surface area (TPSA) is 169 Å². The number of amides is 1. The van der Waals surface area contributed by atoms with Gasteiger partial charge < -0.3 is 45.4 Å². The zero-order valence-corrected chi connectivity index (χ0v) is 34.9. The van der Waals surface area contributed by atoms with Crippen LogP contribution in [0.3, 0.4) is 0 Å². The third kappa shape index (κ3) is 25.4. The van der Waals surface area contributed by atoms with Crippen molar-refractivity contribution in [3.8, 4) is 0 Å². The van der Waals surface area contributed by atoms with Crippen LogP contribution in [-0.2, 0) is 14.3 Å². The summed E-state index contributed by atoms with van der Waals surface area (Å²) in [6, 6.07) is -0.983. The van der Waals surface area contributed by atoms with E-state index in [2.05, 4.69) is 19.2 Å². The Hall–Kier alpha value is -0.850. The van der Waals surface area contributed by atoms with Gasteiger partial charge in [-0.05, 0) is 12.8 Å². The maximum Gasteiger partial charge on any atom is 0.220 e. The molecule has 0 aliphatic carbocycles. The standard InChI is InChI=1S/C44H87NO9/c1-3-5-7-9-11-13-15-16-17-18-19-20-21-23-25-27-29-31-33-39(48)45-36(35-53-44-43(52)42(51)41(50)38(34-46)54-44)40(49)37(47)32-30-28-26-24-22-14-12-10-8-6-4-2/h36-38,40-44,46-47,49-52H,3-35H2,1-2H3,(H,45,48)/t36-,37+,38+,40-,41-,42?,43?,44+/m0/s1. The second-order valence-corrected chi connectivity index (χ2v) is 16.3. The predicted molar refractivity (Wildman–Crippen MR) is 218 cm³/mol. The highest BCUT2D eigenvalue weighted by Gasteiger charge is 2.44. The molecule has 0 bridgehead atoms. The molecule has 0 saturated carbocycles. The molecule has 0 radical (unpaired) electrons. The first-order valence-corrected chi connectivity index (χ1v) is 22.8. The lowest BCUT2D eigenvalue weighted by atomic mass is 9.98. The first-order valence-electron chi connectivity index (χ1n) is 22.8. The number of aliphatic hydroxyl groups excluding tert-OH is 6. The molecule has 322 valence electrons. The van der Waals surface area contributed by atoms with E-state index in [1.165, 1.54) is 141 Å². The van der Waals surface area contributed by atoms with E-state index >= 15 is 0 Å². The van der Waals surface area contributed by atoms with Crippen molar-refractivity contribution in [3.05, 3.63) is 0 Å². The molecule has 10 nitrogen and oxygen atoms in total. The molecule has 10 heteroatoms. The lowest BCUT2D eigenvalue weighted by Crippen LogP contribution is -2.60. The summed E-state index contributed by atoms with van der Waals surface area (Å²) in [6.45, 7) is 3.60. The van der Waals surface area contributed by atoms with E-state index in [1.807, 2.05) is 0 Å². The maximum absolute atomic E-state index is 13.0. The third-order valence-corrected chi connectivity index (χ3v) is 11.3. The minimum atomic E-state index is -1.60. The SMILES string of the molecule is CCCCCCCCCCCCCCCCCCCCC(=O)N[C@@H](CO[C@@H]1O[C@H](CO)[C@H](O)C(O)C1O)[C@H](O)[C@H](O)CCCCCCCCCCCCC. The summed E-state index contributed by atoms with van der Waals surface area (Å²) in [5.74, 6) is -0.255. The van der Waals surface area contributed by atoms with Crippen molar-refractivity contribution in [2.45, 2.75) is 262 Å². The van der Waals surface area contributed by atoms with Gasteiger partial charge in [0, 0.05) is 6.42 Å². The van der Waals surface area contributed by atoms with Gasteiger partial charge in [0.05, 0.1) is 25.4 Å². The fourth-order valence-electron chi connectivity index (χ4n) is 7.55. The minimum Gasteiger partial charge on any atom is -0.394 e. The number of carbonyl (C=O) groups excluding carboxylic acids is 1. The van der Waals surface area contributed by atoms with Crippen LogP contribution < -0.4 is 5.32 Å². The van der Waals surface area contributed by atoms with Gasteiger partial charge in [0.25, 0.3) is 0 Å². The quantitative estimate of drug-likeness (QED) is 0.0306. The summed E-state index contributed by atoms with van der Waals surface area (Å²) in [7, 11) is 0. The molecule has 2 unspecified atom stereocenters. The summed E-state index contributed by atoms with van der Waals surface area (Å²) < 4.78 is 11.1. The van der Waals surface area contributed by atoms with Crippen LogP contribution in [0.25, 0.3) is 0 Å². The molecule has 8 atom stereocenters. The smallest absolute Gasteiger partial charge is 0.220 e. The van der Waals surface area contributed by atoms with Crippen LogP contribution in [0.2, 0.25) is 0 Å². The Morgan fingerprint density at radius 2 is 0.963 bits per heavy atom. The highest BCUT2D eigenvalue weighted by atomic mass is 16.7. The first kappa shape index (κ1) is 51.2. The molecule has 7 N–H and O–H groups in total. The lowest BCUT2D eigenvalue weighted by molar-refractivity contribution is -0.303. The van der Waals surface area contributed by atoms with Gasteiger partial charge in [-0.2, -0.15) is 0 Å². The summed E-state index contributed by atoms with van der Waals surface area (Å²) >= 11 is 0. The van der Waals surface area contributed by atoms with Crippen molar-refractivity contribution in [1.82, 2.24) is 5.32 Å². The van der Waals surface area contributed by atoms with Crippen LogP contribution in [0.4, 0.5) is 0 Å². The lowest BCUT2D eigenvalue weighted by Gasteiger charge is -2.40. The summed E-state index contributed by atoms with van der Waals surface area (Å²) in [4.78, 5) is 13.0. The highest BCUT2D eigenvalue weighted by Crippen LogP contribution is 2.23. The van der Waals surface area contributed by atoms with Gasteiger partial charge >= 0.3 is 0 Å². The number of aliphatic hydroxyl groups is 6. The Labute approximate surface area is 330 Å². The first-order chi connectivity index (χ1) is 26.3. The van der Waals surface area contributed by atoms with Crippen molar-refractivity contribution in [2.24, 2.45) is 0 Å². The van der Waals surface area contributed by atoms with Gasteiger partial charge in [0.2, 0.25) is 5.91 Å². The molecule has 0 aromatic rings. The average molecular weight is 774 g/mol. The van der Waals surface area contributed by atoms with E-state index < -0.39 is 55.6 Å². The Morgan fingerprint density at radius 1 is 0.574 bits per heavy atom. The Kier molecular flexibility index (Phi) is 33.5. The molecule has 1 amide bonds. The fraction of sp³-hybridized carbons (Fsp3) is 0.977. The predicted octanol–water partition coefficient (Wildman–Crippen LogP) is 8.14. The van der Waals surface area contributed by atoms with Gasteiger partial charge in [0.1, 0.15) is 30.5 Å². The Morgan fingerprint density at radius 3 is 1.37 bits per heavy atom. The van der Waals surface area contributed by atoms with Gasteiger partial charge in [0.15, 0.2) is 6.29 Å². The van der Waals surface area contributed by atoms with Crippen molar-refractivity contribution in [2.75, 3.05) is 13.2 Å². The molecular weight excluding hydrogens is 686 g/mol. The van der Waals surface area contributed by atoms with Crippen LogP contribution in [0.5, 0.6) is 0 Å². The molecule has 0 spiro atoms. The van der Waals surface area contributed by atoms with Crippen LogP contribution >= 0.6 is 0 Å². The molecule has 1 rings (SSSR count). The van der Waals surface area contributed by atoms with Crippen molar-refractivity contribution in [3.63, 3.8) is 0 Å². The number of hydrogen-bond donors (Lipinski definition) is 7. The second kappa shape index (κ2) is 35.3. The van der Waals surface area contributed by atoms with E-state index in [0.717, 1.165) is 44.9 Å². The van der Waals surface area contributed by atoms with E-state index in [4.69, 9.17) is 9.47 Å². The molecule has 1 saturated heterocycles. The third-order valence-electron chi connectivity index (χ3n) is 11.3. The molecule has 0 aromatic heterocycles. The highest BCUT2D eigenvalue weighted by molar-refractivity contribution is 5.76. The van der Waals surface area contributed by atoms with Crippen LogP contribution in [0, 0.1) is 0 Å². The normalized spacial score (nSPS) is 22.0. The molecule has 0 aromatic carbocycles. The summed E-state index contributed by atoms with van der Waals surface area (Å²) in [5, 5.41) is 65.0. The van der Waals surface area contributed by atoms with E-state index in [0.29, 0.717) is 6.42 Å². The monoisotopic (exact) mass is 774 g/mol. The number of nitrogens with one attached hydrogen (secondary N) is 1. The van der Waals surface area contributed by atoms with Gasteiger partial charge in [-0.25, -0.2) is 0 Å². The zero-order chi connectivity index (χ0) is 39.7. The summed E-state index contributed by atoms with van der Waals surface area (Å²) in [5.41, 5.74) is 0. The number of rotatable bonds is 38. The number of carbonyl (C=O) groups is 1. The van der Waals surface area contributed by atoms with Crippen LogP contribution in [0.15, 0.2) is 0 Å². The fourth-order valence-corrected chi connectivity index (χ4v) is 7.55. The molecule has 1 fully saturated rings. The number of ether oxygens (including phenoxy) is 2. The Balaban J connectivity index is 2.36. The van der Waals surface area contributed by atoms with Crippen LogP contribution in [0.1, 0.15) is 213 Å². The molecular formula is C44H87NO9. The van der Waals surface area contributed by atoms with Gasteiger partial charge in [-0.1, -0.05) is 194 Å². The molecule has 1 aliphatic rings. The molecule has 1 heterocycles. The second-order valence-electron chi connectivity index (χ2n) is 16.3. The largest absolute Gasteiger partial charge is 0.394 e. The van der Waals surface area contributed by atoms with E-state index in [1.54, 1.807) is 0 Å². The van der Waals surface area contributed by atoms with Crippen molar-refractivity contribution < 1.29 is 44.9 Å². The maximum atomic E-state index is 13.0. The zero-order valence-electron chi connectivity index (χ0n) is 34.9. The molecule has 54 heavy (non-hydrogen) atoms. The van der Waals surface area contributed by atoms with E-state index in [-0.39, 0.29) is 18.9 Å². The van der Waals surface area contributed by atoms with Gasteiger partial charge in [-0.15, -0.1) is 0 Å². The number of unbranched alkanes of at least 4 members (excludes halogenated alkanes) is 27.